The van der Waals surface area contributed by atoms with Crippen LogP contribution in [0.15, 0.2) is 24.3 Å². The van der Waals surface area contributed by atoms with Gasteiger partial charge in [0.2, 0.25) is 0 Å². The Morgan fingerprint density at radius 3 is 2.71 bits per heavy atom. The van der Waals surface area contributed by atoms with E-state index in [9.17, 15) is 9.59 Å². The quantitative estimate of drug-likeness (QED) is 0.495. The molecule has 6 nitrogen and oxygen atoms in total. The van der Waals surface area contributed by atoms with Crippen LogP contribution in [0.5, 0.6) is 0 Å². The van der Waals surface area contributed by atoms with Gasteiger partial charge in [-0.3, -0.25) is 9.59 Å². The summed E-state index contributed by atoms with van der Waals surface area (Å²) in [6, 6.07) is 7.64. The van der Waals surface area contributed by atoms with Gasteiger partial charge in [-0.05, 0) is 62.4 Å². The minimum atomic E-state index is -0.248. The highest BCUT2D eigenvalue weighted by molar-refractivity contribution is 6.36. The summed E-state index contributed by atoms with van der Waals surface area (Å²) in [5, 5.41) is 2.68. The minimum Gasteiger partial charge on any atom is -0.359 e. The van der Waals surface area contributed by atoms with Gasteiger partial charge < -0.3 is 20.9 Å². The molecule has 7 heteroatoms. The molecule has 4 rings (SSSR count). The normalized spacial score (nSPS) is 20.6. The molecule has 0 spiro atoms. The number of anilines is 1. The average Bonchev–Trinajstić information content (AvgIpc) is 3.15. The summed E-state index contributed by atoms with van der Waals surface area (Å²) in [4.78, 5) is 30.9. The SMILES string of the molecule is C#CCNC(=O)c1ccc2c(c1)N(CC1CC(N)C1)C(=O)/C2=C\c1[nH]c(C)cc1C.Cl. The molecule has 0 radical (unpaired) electrons. The van der Waals surface area contributed by atoms with Crippen molar-refractivity contribution in [2.24, 2.45) is 11.7 Å². The zero-order chi connectivity index (χ0) is 21.4. The van der Waals surface area contributed by atoms with Crippen LogP contribution in [0.1, 0.15) is 45.7 Å². The van der Waals surface area contributed by atoms with Crippen LogP contribution in [0, 0.1) is 32.1 Å². The molecular formula is C24H27ClN4O2. The van der Waals surface area contributed by atoms with Crippen molar-refractivity contribution in [1.29, 1.82) is 0 Å². The standard InChI is InChI=1S/C24H26N4O2.ClH/c1-4-7-26-23(29)17-5-6-19-20(12-21-14(2)8-15(3)27-21)24(30)28(22(19)11-17)13-16-9-18(25)10-16;/h1,5-6,8,11-12,16,18,27H,7,9-10,13,25H2,2-3H3,(H,26,29);1H/b20-12-;. The number of terminal acetylenes is 1. The molecule has 1 fully saturated rings. The van der Waals surface area contributed by atoms with E-state index in [4.69, 9.17) is 12.2 Å². The maximum atomic E-state index is 13.4. The molecule has 0 bridgehead atoms. The molecular weight excluding hydrogens is 412 g/mol. The molecule has 1 aliphatic heterocycles. The van der Waals surface area contributed by atoms with Gasteiger partial charge in [-0.25, -0.2) is 0 Å². The molecule has 1 aromatic carbocycles. The van der Waals surface area contributed by atoms with E-state index in [1.807, 2.05) is 26.0 Å². The molecule has 31 heavy (non-hydrogen) atoms. The maximum Gasteiger partial charge on any atom is 0.259 e. The third-order valence-electron chi connectivity index (χ3n) is 5.86. The van der Waals surface area contributed by atoms with Gasteiger partial charge in [0, 0.05) is 35.1 Å². The summed E-state index contributed by atoms with van der Waals surface area (Å²) in [5.74, 6) is 2.49. The van der Waals surface area contributed by atoms with Gasteiger partial charge in [0.15, 0.2) is 0 Å². The highest BCUT2D eigenvalue weighted by atomic mass is 35.5. The van der Waals surface area contributed by atoms with E-state index in [0.717, 1.165) is 41.0 Å². The lowest BCUT2D eigenvalue weighted by atomic mass is 9.80. The molecule has 0 unspecified atom stereocenters. The molecule has 162 valence electrons. The maximum absolute atomic E-state index is 13.4. The van der Waals surface area contributed by atoms with E-state index in [1.54, 1.807) is 17.0 Å². The summed E-state index contributed by atoms with van der Waals surface area (Å²) in [5.41, 5.74) is 11.7. The van der Waals surface area contributed by atoms with Gasteiger partial charge in [-0.2, -0.15) is 0 Å². The van der Waals surface area contributed by atoms with Crippen molar-refractivity contribution >= 4 is 41.6 Å². The molecule has 2 heterocycles. The van der Waals surface area contributed by atoms with E-state index in [2.05, 4.69) is 22.3 Å². The Bertz CT molecular complexity index is 1090. The largest absolute Gasteiger partial charge is 0.359 e. The number of halogens is 1. The fourth-order valence-electron chi connectivity index (χ4n) is 4.29. The molecule has 2 amide bonds. The Kier molecular flexibility index (Phi) is 6.59. The molecule has 1 saturated carbocycles. The number of amides is 2. The number of hydrogen-bond acceptors (Lipinski definition) is 3. The van der Waals surface area contributed by atoms with Crippen LogP contribution in [0.4, 0.5) is 5.69 Å². The lowest BCUT2D eigenvalue weighted by molar-refractivity contribution is -0.113. The minimum absolute atomic E-state index is 0. The van der Waals surface area contributed by atoms with Gasteiger partial charge in [0.25, 0.3) is 11.8 Å². The molecule has 0 atom stereocenters. The zero-order valence-electron chi connectivity index (χ0n) is 17.7. The van der Waals surface area contributed by atoms with Gasteiger partial charge in [0.1, 0.15) is 0 Å². The van der Waals surface area contributed by atoms with Crippen LogP contribution < -0.4 is 16.0 Å². The number of nitrogens with zero attached hydrogens (tertiary/aromatic N) is 1. The van der Waals surface area contributed by atoms with Crippen LogP contribution in [-0.4, -0.2) is 35.9 Å². The Balaban J connectivity index is 0.00000272. The Hall–Kier alpha value is -3.01. The number of nitrogens with two attached hydrogens (primary N) is 1. The summed E-state index contributed by atoms with van der Waals surface area (Å²) in [7, 11) is 0. The van der Waals surface area contributed by atoms with Gasteiger partial charge in [0.05, 0.1) is 17.8 Å². The number of benzene rings is 1. The first-order valence-electron chi connectivity index (χ1n) is 10.2. The van der Waals surface area contributed by atoms with Crippen LogP contribution in [0.3, 0.4) is 0 Å². The van der Waals surface area contributed by atoms with Crippen molar-refractivity contribution in [2.75, 3.05) is 18.0 Å². The lowest BCUT2D eigenvalue weighted by Crippen LogP contribution is -2.43. The number of nitrogens with one attached hydrogen (secondary N) is 2. The number of rotatable bonds is 5. The van der Waals surface area contributed by atoms with Gasteiger partial charge >= 0.3 is 0 Å². The van der Waals surface area contributed by atoms with Crippen LogP contribution >= 0.6 is 12.4 Å². The third kappa shape index (κ3) is 4.39. The average molecular weight is 439 g/mol. The zero-order valence-corrected chi connectivity index (χ0v) is 18.5. The fourth-order valence-corrected chi connectivity index (χ4v) is 4.29. The van der Waals surface area contributed by atoms with Crippen molar-refractivity contribution < 1.29 is 9.59 Å². The monoisotopic (exact) mass is 438 g/mol. The van der Waals surface area contributed by atoms with E-state index >= 15 is 0 Å². The first kappa shape index (κ1) is 22.7. The van der Waals surface area contributed by atoms with E-state index in [0.29, 0.717) is 23.6 Å². The highest BCUT2D eigenvalue weighted by Gasteiger charge is 2.37. The predicted molar refractivity (Wildman–Crippen MR) is 126 cm³/mol. The molecule has 2 aromatic rings. The van der Waals surface area contributed by atoms with Crippen LogP contribution in [-0.2, 0) is 4.79 Å². The van der Waals surface area contributed by atoms with Crippen molar-refractivity contribution in [3.05, 3.63) is 52.3 Å². The summed E-state index contributed by atoms with van der Waals surface area (Å²) < 4.78 is 0. The second-order valence-corrected chi connectivity index (χ2v) is 8.24. The molecule has 1 aliphatic carbocycles. The van der Waals surface area contributed by atoms with Crippen molar-refractivity contribution in [2.45, 2.75) is 32.7 Å². The Labute approximate surface area is 188 Å². The highest BCUT2D eigenvalue weighted by Crippen LogP contribution is 2.40. The topological polar surface area (TPSA) is 91.2 Å². The van der Waals surface area contributed by atoms with Crippen LogP contribution in [0.25, 0.3) is 11.6 Å². The van der Waals surface area contributed by atoms with Gasteiger partial charge in [-0.15, -0.1) is 18.8 Å². The summed E-state index contributed by atoms with van der Waals surface area (Å²) >= 11 is 0. The second kappa shape index (κ2) is 9.01. The smallest absolute Gasteiger partial charge is 0.259 e. The van der Waals surface area contributed by atoms with E-state index in [1.165, 1.54) is 0 Å². The molecule has 1 aromatic heterocycles. The van der Waals surface area contributed by atoms with Crippen LogP contribution in [0.2, 0.25) is 0 Å². The predicted octanol–water partition coefficient (Wildman–Crippen LogP) is 3.04. The first-order chi connectivity index (χ1) is 14.4. The number of carbonyl (C=O) groups excluding carboxylic acids is 2. The Morgan fingerprint density at radius 2 is 2.10 bits per heavy atom. The van der Waals surface area contributed by atoms with Crippen molar-refractivity contribution in [3.8, 4) is 12.3 Å². The number of hydrogen-bond donors (Lipinski definition) is 3. The van der Waals surface area contributed by atoms with Crippen molar-refractivity contribution in [3.63, 3.8) is 0 Å². The molecule has 4 N–H and O–H groups in total. The number of H-pyrrole nitrogens is 1. The van der Waals surface area contributed by atoms with E-state index in [-0.39, 0.29) is 36.8 Å². The molecule has 0 saturated heterocycles. The number of aromatic amines is 1. The van der Waals surface area contributed by atoms with Crippen molar-refractivity contribution in [1.82, 2.24) is 10.3 Å². The first-order valence-corrected chi connectivity index (χ1v) is 10.2. The molecule has 2 aliphatic rings. The van der Waals surface area contributed by atoms with Gasteiger partial charge in [-0.1, -0.05) is 12.0 Å². The second-order valence-electron chi connectivity index (χ2n) is 8.24. The van der Waals surface area contributed by atoms with E-state index < -0.39 is 0 Å². The summed E-state index contributed by atoms with van der Waals surface area (Å²) in [6.45, 7) is 4.78. The lowest BCUT2D eigenvalue weighted by Gasteiger charge is -2.35. The summed E-state index contributed by atoms with van der Waals surface area (Å²) in [6.07, 6.45) is 8.98. The number of aryl methyl sites for hydroxylation is 2. The Morgan fingerprint density at radius 1 is 1.35 bits per heavy atom. The number of fused-ring (bicyclic) bond motifs is 1. The number of carbonyl (C=O) groups is 2. The number of aromatic nitrogens is 1. The fraction of sp³-hybridized carbons (Fsp3) is 0.333. The third-order valence-corrected chi connectivity index (χ3v) is 5.86.